The van der Waals surface area contributed by atoms with Crippen LogP contribution in [0.15, 0.2) is 23.1 Å². The summed E-state index contributed by atoms with van der Waals surface area (Å²) in [6.07, 6.45) is 0. The van der Waals surface area contributed by atoms with Crippen LogP contribution in [0.3, 0.4) is 0 Å². The van der Waals surface area contributed by atoms with Gasteiger partial charge in [0.2, 0.25) is 0 Å². The van der Waals surface area contributed by atoms with Crippen LogP contribution in [0.25, 0.3) is 0 Å². The summed E-state index contributed by atoms with van der Waals surface area (Å²) in [5, 5.41) is 8.82. The van der Waals surface area contributed by atoms with Crippen molar-refractivity contribution in [2.75, 3.05) is 18.1 Å². The van der Waals surface area contributed by atoms with Crippen LogP contribution in [0.5, 0.6) is 0 Å². The lowest BCUT2D eigenvalue weighted by Gasteiger charge is -2.08. The molecule has 1 aromatic rings. The van der Waals surface area contributed by atoms with Gasteiger partial charge < -0.3 is 10.8 Å². The maximum absolute atomic E-state index is 12.8. The lowest BCUT2D eigenvalue weighted by molar-refractivity contribution is 0.250. The number of nitrogen functional groups attached to an aromatic ring is 1. The topological polar surface area (TPSA) is 46.2 Å². The predicted molar refractivity (Wildman–Crippen MR) is 57.8 cm³/mol. The molecule has 0 heterocycles. The molecule has 0 aliphatic rings. The zero-order valence-corrected chi connectivity index (χ0v) is 8.85. The van der Waals surface area contributed by atoms with Gasteiger partial charge in [0.05, 0.1) is 0 Å². The van der Waals surface area contributed by atoms with E-state index in [4.69, 9.17) is 10.8 Å². The first kappa shape index (κ1) is 11.3. The average Bonchev–Trinajstić information content (AvgIpc) is 2.19. The van der Waals surface area contributed by atoms with Gasteiger partial charge in [0, 0.05) is 22.9 Å². The highest BCUT2D eigenvalue weighted by molar-refractivity contribution is 7.99. The maximum atomic E-state index is 12.8. The number of nitrogens with two attached hydrogens (primary N) is 1. The molecule has 3 N–H and O–H groups in total. The second-order valence-electron chi connectivity index (χ2n) is 3.28. The Morgan fingerprint density at radius 3 is 2.93 bits per heavy atom. The van der Waals surface area contributed by atoms with E-state index in [-0.39, 0.29) is 18.3 Å². The van der Waals surface area contributed by atoms with Crippen molar-refractivity contribution in [3.63, 3.8) is 0 Å². The van der Waals surface area contributed by atoms with Gasteiger partial charge in [0.15, 0.2) is 0 Å². The fourth-order valence-corrected chi connectivity index (χ4v) is 1.92. The van der Waals surface area contributed by atoms with Crippen molar-refractivity contribution in [1.29, 1.82) is 0 Å². The Kier molecular flexibility index (Phi) is 4.22. The lowest BCUT2D eigenvalue weighted by atomic mass is 10.2. The zero-order chi connectivity index (χ0) is 10.6. The number of rotatable bonds is 4. The molecule has 0 saturated heterocycles. The summed E-state index contributed by atoms with van der Waals surface area (Å²) in [6, 6.07) is 4.32. The summed E-state index contributed by atoms with van der Waals surface area (Å²) in [5.41, 5.74) is 6.25. The van der Waals surface area contributed by atoms with Gasteiger partial charge in [-0.05, 0) is 24.1 Å². The maximum Gasteiger partial charge on any atom is 0.124 e. The van der Waals surface area contributed by atoms with Crippen LogP contribution in [-0.4, -0.2) is 17.5 Å². The monoisotopic (exact) mass is 215 g/mol. The minimum absolute atomic E-state index is 0.141. The molecule has 4 heteroatoms. The lowest BCUT2D eigenvalue weighted by Crippen LogP contribution is -2.03. The van der Waals surface area contributed by atoms with Gasteiger partial charge in [-0.25, -0.2) is 4.39 Å². The fraction of sp³-hybridized carbons (Fsp3) is 0.400. The van der Waals surface area contributed by atoms with Crippen molar-refractivity contribution in [3.8, 4) is 0 Å². The van der Waals surface area contributed by atoms with E-state index < -0.39 is 0 Å². The first-order valence-corrected chi connectivity index (χ1v) is 5.40. The Morgan fingerprint density at radius 2 is 2.29 bits per heavy atom. The van der Waals surface area contributed by atoms with Gasteiger partial charge in [-0.1, -0.05) is 6.92 Å². The number of hydrogen-bond donors (Lipinski definition) is 2. The third kappa shape index (κ3) is 3.20. The highest BCUT2D eigenvalue weighted by Crippen LogP contribution is 2.27. The second kappa shape index (κ2) is 5.22. The molecule has 1 aromatic carbocycles. The summed E-state index contributed by atoms with van der Waals surface area (Å²) < 4.78 is 12.8. The standard InChI is InChI=1S/C10H14FNOS/c1-7(5-13)6-14-10-4-8(11)2-3-9(10)12/h2-4,7,13H,5-6,12H2,1H3. The van der Waals surface area contributed by atoms with Gasteiger partial charge in [-0.15, -0.1) is 11.8 Å². The normalized spacial score (nSPS) is 12.8. The molecule has 0 aliphatic carbocycles. The van der Waals surface area contributed by atoms with Gasteiger partial charge in [0.1, 0.15) is 5.82 Å². The van der Waals surface area contributed by atoms with E-state index in [9.17, 15) is 4.39 Å². The van der Waals surface area contributed by atoms with Crippen LogP contribution in [0.1, 0.15) is 6.92 Å². The molecule has 0 fully saturated rings. The molecule has 0 radical (unpaired) electrons. The van der Waals surface area contributed by atoms with Crippen LogP contribution in [0, 0.1) is 11.7 Å². The van der Waals surface area contributed by atoms with E-state index in [1.54, 1.807) is 6.07 Å². The molecule has 0 aliphatic heterocycles. The number of thioether (sulfide) groups is 1. The van der Waals surface area contributed by atoms with Gasteiger partial charge in [-0.3, -0.25) is 0 Å². The zero-order valence-electron chi connectivity index (χ0n) is 8.03. The Morgan fingerprint density at radius 1 is 1.57 bits per heavy atom. The van der Waals surface area contributed by atoms with Crippen molar-refractivity contribution in [3.05, 3.63) is 24.0 Å². The van der Waals surface area contributed by atoms with E-state index in [0.717, 1.165) is 10.6 Å². The van der Waals surface area contributed by atoms with E-state index >= 15 is 0 Å². The average molecular weight is 215 g/mol. The second-order valence-corrected chi connectivity index (χ2v) is 4.34. The van der Waals surface area contributed by atoms with E-state index in [1.807, 2.05) is 6.92 Å². The van der Waals surface area contributed by atoms with Gasteiger partial charge in [-0.2, -0.15) is 0 Å². The van der Waals surface area contributed by atoms with Crippen molar-refractivity contribution in [2.24, 2.45) is 5.92 Å². The molecule has 0 bridgehead atoms. The minimum atomic E-state index is -0.279. The fourth-order valence-electron chi connectivity index (χ4n) is 0.918. The van der Waals surface area contributed by atoms with Crippen LogP contribution in [0.2, 0.25) is 0 Å². The molecule has 0 saturated carbocycles. The number of hydrogen-bond acceptors (Lipinski definition) is 3. The molecule has 14 heavy (non-hydrogen) atoms. The summed E-state index contributed by atoms with van der Waals surface area (Å²) in [5.74, 6) is 0.658. The van der Waals surface area contributed by atoms with Gasteiger partial charge >= 0.3 is 0 Å². The van der Waals surface area contributed by atoms with E-state index in [2.05, 4.69) is 0 Å². The number of anilines is 1. The molecular weight excluding hydrogens is 201 g/mol. The number of aliphatic hydroxyl groups excluding tert-OH is 1. The summed E-state index contributed by atoms with van der Waals surface area (Å²) in [6.45, 7) is 2.07. The molecule has 0 spiro atoms. The van der Waals surface area contributed by atoms with E-state index in [1.165, 1.54) is 23.9 Å². The van der Waals surface area contributed by atoms with Crippen LogP contribution in [-0.2, 0) is 0 Å². The highest BCUT2D eigenvalue weighted by atomic mass is 32.2. The summed E-state index contributed by atoms with van der Waals surface area (Å²) in [4.78, 5) is 0.741. The predicted octanol–water partition coefficient (Wildman–Crippen LogP) is 2.13. The molecule has 2 nitrogen and oxygen atoms in total. The quantitative estimate of drug-likeness (QED) is 0.597. The SMILES string of the molecule is CC(CO)CSc1cc(F)ccc1N. The molecule has 1 rings (SSSR count). The highest BCUT2D eigenvalue weighted by Gasteiger charge is 2.05. The number of aliphatic hydroxyl groups is 1. The Hall–Kier alpha value is -0.740. The van der Waals surface area contributed by atoms with Crippen LogP contribution >= 0.6 is 11.8 Å². The van der Waals surface area contributed by atoms with Crippen molar-refractivity contribution >= 4 is 17.4 Å². The van der Waals surface area contributed by atoms with Crippen molar-refractivity contribution in [1.82, 2.24) is 0 Å². The first-order chi connectivity index (χ1) is 6.63. The van der Waals surface area contributed by atoms with Crippen molar-refractivity contribution < 1.29 is 9.50 Å². The molecule has 1 unspecified atom stereocenters. The molecule has 78 valence electrons. The van der Waals surface area contributed by atoms with Crippen molar-refractivity contribution in [2.45, 2.75) is 11.8 Å². The minimum Gasteiger partial charge on any atom is -0.398 e. The smallest absolute Gasteiger partial charge is 0.124 e. The Bertz CT molecular complexity index is 306. The summed E-state index contributed by atoms with van der Waals surface area (Å²) >= 11 is 1.47. The molecule has 0 aromatic heterocycles. The largest absolute Gasteiger partial charge is 0.398 e. The third-order valence-corrected chi connectivity index (χ3v) is 3.21. The number of benzene rings is 1. The number of halogens is 1. The summed E-state index contributed by atoms with van der Waals surface area (Å²) in [7, 11) is 0. The third-order valence-electron chi connectivity index (χ3n) is 1.81. The van der Waals surface area contributed by atoms with E-state index in [0.29, 0.717) is 5.69 Å². The van der Waals surface area contributed by atoms with Crippen LogP contribution in [0.4, 0.5) is 10.1 Å². The Labute approximate surface area is 87.3 Å². The van der Waals surface area contributed by atoms with Gasteiger partial charge in [0.25, 0.3) is 0 Å². The molecular formula is C10H14FNOS. The Balaban J connectivity index is 2.62. The first-order valence-electron chi connectivity index (χ1n) is 4.42. The van der Waals surface area contributed by atoms with Crippen LogP contribution < -0.4 is 5.73 Å². The molecule has 1 atom stereocenters. The molecule has 0 amide bonds.